The van der Waals surface area contributed by atoms with Crippen molar-refractivity contribution in [3.63, 3.8) is 0 Å². The van der Waals surface area contributed by atoms with E-state index in [1.54, 1.807) is 0 Å². The lowest BCUT2D eigenvalue weighted by molar-refractivity contribution is 0.0951. The number of aryl methyl sites for hydroxylation is 2. The van der Waals surface area contributed by atoms with E-state index in [1.807, 2.05) is 48.5 Å². The molecule has 5 aromatic rings. The van der Waals surface area contributed by atoms with Crippen LogP contribution in [0.15, 0.2) is 97.1 Å². The van der Waals surface area contributed by atoms with Gasteiger partial charge < -0.3 is 5.32 Å². The van der Waals surface area contributed by atoms with Crippen LogP contribution in [0.3, 0.4) is 0 Å². The molecule has 0 radical (unpaired) electrons. The van der Waals surface area contributed by atoms with Crippen molar-refractivity contribution in [3.8, 4) is 22.5 Å². The van der Waals surface area contributed by atoms with Crippen molar-refractivity contribution >= 4 is 16.9 Å². The number of aromatic nitrogens is 2. The van der Waals surface area contributed by atoms with Gasteiger partial charge in [-0.1, -0.05) is 84.8 Å². The molecule has 4 aromatic carbocycles. The van der Waals surface area contributed by atoms with Gasteiger partial charge in [-0.05, 0) is 55.7 Å². The number of carbonyl (C=O) groups is 1. The Kier molecular flexibility index (Phi) is 6.59. The number of carbonyl (C=O) groups excluding carboxylic acids is 1. The summed E-state index contributed by atoms with van der Waals surface area (Å²) >= 11 is 0. The first kappa shape index (κ1) is 23.4. The molecule has 0 bridgehead atoms. The highest BCUT2D eigenvalue weighted by Gasteiger charge is 2.16. The molecule has 0 aliphatic heterocycles. The van der Waals surface area contributed by atoms with Crippen LogP contribution in [0, 0.1) is 13.8 Å². The maximum Gasteiger partial charge on any atom is 0.251 e. The maximum absolute atomic E-state index is 13.0. The largest absolute Gasteiger partial charge is 0.351 e. The van der Waals surface area contributed by atoms with E-state index in [1.165, 1.54) is 11.1 Å². The third-order valence-corrected chi connectivity index (χ3v) is 6.45. The molecule has 36 heavy (non-hydrogen) atoms. The van der Waals surface area contributed by atoms with Gasteiger partial charge in [0, 0.05) is 23.2 Å². The lowest BCUT2D eigenvalue weighted by atomic mass is 10.0. The lowest BCUT2D eigenvalue weighted by Gasteiger charge is -2.14. The number of benzene rings is 4. The fourth-order valence-electron chi connectivity index (χ4n) is 4.43. The molecule has 0 aliphatic rings. The molecule has 178 valence electrons. The van der Waals surface area contributed by atoms with Crippen molar-refractivity contribution < 1.29 is 4.79 Å². The number of amides is 1. The van der Waals surface area contributed by atoms with Crippen LogP contribution in [0.25, 0.3) is 33.5 Å². The zero-order valence-corrected chi connectivity index (χ0v) is 20.8. The third-order valence-electron chi connectivity index (χ3n) is 6.45. The predicted molar refractivity (Wildman–Crippen MR) is 147 cm³/mol. The Morgan fingerprint density at radius 1 is 0.722 bits per heavy atom. The monoisotopic (exact) mass is 471 g/mol. The Morgan fingerprint density at radius 3 is 1.94 bits per heavy atom. The van der Waals surface area contributed by atoms with Crippen LogP contribution in [0.2, 0.25) is 0 Å². The van der Waals surface area contributed by atoms with Gasteiger partial charge >= 0.3 is 0 Å². The molecule has 1 heterocycles. The van der Waals surface area contributed by atoms with E-state index >= 15 is 0 Å². The van der Waals surface area contributed by atoms with Gasteiger partial charge in [0.2, 0.25) is 0 Å². The summed E-state index contributed by atoms with van der Waals surface area (Å²) in [5.74, 6) is 0.113. The van der Waals surface area contributed by atoms with Gasteiger partial charge in [-0.25, -0.2) is 9.97 Å². The second-order valence-corrected chi connectivity index (χ2v) is 9.39. The van der Waals surface area contributed by atoms with Crippen LogP contribution in [0.4, 0.5) is 0 Å². The highest BCUT2D eigenvalue weighted by atomic mass is 16.1. The average molecular weight is 472 g/mol. The number of fused-ring (bicyclic) bond motifs is 1. The normalized spacial score (nSPS) is 11.9. The van der Waals surface area contributed by atoms with Gasteiger partial charge in [0.05, 0.1) is 22.4 Å². The third kappa shape index (κ3) is 5.03. The van der Waals surface area contributed by atoms with Crippen LogP contribution in [-0.2, 0) is 0 Å². The first-order chi connectivity index (χ1) is 17.5. The Hall–Kier alpha value is -4.31. The molecular weight excluding hydrogens is 442 g/mol. The van der Waals surface area contributed by atoms with Gasteiger partial charge in [-0.3, -0.25) is 4.79 Å². The predicted octanol–water partition coefficient (Wildman–Crippen LogP) is 7.11. The van der Waals surface area contributed by atoms with Gasteiger partial charge in [0.1, 0.15) is 0 Å². The summed E-state index contributed by atoms with van der Waals surface area (Å²) in [6.07, 6.45) is 0. The van der Waals surface area contributed by atoms with Crippen LogP contribution in [-0.4, -0.2) is 22.4 Å². The Bertz CT molecular complexity index is 1540. The minimum atomic E-state index is -0.110. The summed E-state index contributed by atoms with van der Waals surface area (Å²) in [6.45, 7) is 6.83. The molecule has 1 atom stereocenters. The smallest absolute Gasteiger partial charge is 0.251 e. The number of nitrogens with one attached hydrogen (secondary N) is 1. The highest BCUT2D eigenvalue weighted by Crippen LogP contribution is 2.32. The molecule has 1 N–H and O–H groups in total. The van der Waals surface area contributed by atoms with Crippen LogP contribution < -0.4 is 5.32 Å². The van der Waals surface area contributed by atoms with Crippen LogP contribution in [0.1, 0.15) is 39.9 Å². The number of hydrogen-bond acceptors (Lipinski definition) is 3. The molecule has 4 heteroatoms. The molecule has 0 saturated heterocycles. The SMILES string of the molecule is Cc1cccc(-c2nc3ccc(C(=O)NC[C@@H](C)c4ccccc4)cc3nc2-c2cccc(C)c2)c1. The zero-order chi connectivity index (χ0) is 25.1. The minimum Gasteiger partial charge on any atom is -0.351 e. The highest BCUT2D eigenvalue weighted by molar-refractivity contribution is 5.98. The van der Waals surface area contributed by atoms with Gasteiger partial charge in [-0.15, -0.1) is 0 Å². The summed E-state index contributed by atoms with van der Waals surface area (Å²) in [5, 5.41) is 3.07. The second kappa shape index (κ2) is 10.1. The second-order valence-electron chi connectivity index (χ2n) is 9.39. The van der Waals surface area contributed by atoms with Crippen molar-refractivity contribution in [2.24, 2.45) is 0 Å². The first-order valence-electron chi connectivity index (χ1n) is 12.3. The molecular formula is C32H29N3O. The van der Waals surface area contributed by atoms with Crippen molar-refractivity contribution in [1.29, 1.82) is 0 Å². The molecule has 5 rings (SSSR count). The fraction of sp³-hybridized carbons (Fsp3) is 0.156. The Balaban J connectivity index is 1.51. The number of nitrogens with zero attached hydrogens (tertiary/aromatic N) is 2. The maximum atomic E-state index is 13.0. The van der Waals surface area contributed by atoms with E-state index in [-0.39, 0.29) is 11.8 Å². The fourth-order valence-corrected chi connectivity index (χ4v) is 4.43. The van der Waals surface area contributed by atoms with Gasteiger partial charge in [0.25, 0.3) is 5.91 Å². The van der Waals surface area contributed by atoms with Crippen molar-refractivity contribution in [3.05, 3.63) is 119 Å². The summed E-state index contributed by atoms with van der Waals surface area (Å²) in [7, 11) is 0. The van der Waals surface area contributed by atoms with Gasteiger partial charge in [-0.2, -0.15) is 0 Å². The van der Waals surface area contributed by atoms with Gasteiger partial charge in [0.15, 0.2) is 0 Å². The molecule has 4 nitrogen and oxygen atoms in total. The Labute approximate surface area is 212 Å². The van der Waals surface area contributed by atoms with E-state index in [9.17, 15) is 4.79 Å². The van der Waals surface area contributed by atoms with E-state index in [2.05, 4.69) is 74.6 Å². The zero-order valence-electron chi connectivity index (χ0n) is 20.8. The summed E-state index contributed by atoms with van der Waals surface area (Å²) in [6, 6.07) is 32.4. The van der Waals surface area contributed by atoms with Crippen LogP contribution >= 0.6 is 0 Å². The first-order valence-corrected chi connectivity index (χ1v) is 12.3. The van der Waals surface area contributed by atoms with E-state index < -0.39 is 0 Å². The Morgan fingerprint density at radius 2 is 1.33 bits per heavy atom. The number of rotatable bonds is 6. The molecule has 0 aliphatic carbocycles. The lowest BCUT2D eigenvalue weighted by Crippen LogP contribution is -2.27. The van der Waals surface area contributed by atoms with Crippen molar-refractivity contribution in [2.45, 2.75) is 26.7 Å². The van der Waals surface area contributed by atoms with E-state index in [0.717, 1.165) is 33.6 Å². The van der Waals surface area contributed by atoms with E-state index in [0.29, 0.717) is 17.6 Å². The number of hydrogen-bond donors (Lipinski definition) is 1. The molecule has 0 unspecified atom stereocenters. The van der Waals surface area contributed by atoms with Crippen molar-refractivity contribution in [2.75, 3.05) is 6.54 Å². The summed E-state index contributed by atoms with van der Waals surface area (Å²) in [4.78, 5) is 23.0. The summed E-state index contributed by atoms with van der Waals surface area (Å²) in [5.41, 5.74) is 9.25. The molecule has 0 saturated carbocycles. The standard InChI is InChI=1S/C32H29N3O/c1-21-9-7-13-25(17-21)30-31(26-14-8-10-22(2)18-26)35-29-19-27(15-16-28(29)34-30)32(36)33-20-23(3)24-11-5-4-6-12-24/h4-19,23H,20H2,1-3H3,(H,33,36)/t23-/m1/s1. The molecule has 1 aromatic heterocycles. The summed E-state index contributed by atoms with van der Waals surface area (Å²) < 4.78 is 0. The molecule has 0 fully saturated rings. The van der Waals surface area contributed by atoms with E-state index in [4.69, 9.17) is 9.97 Å². The average Bonchev–Trinajstić information content (AvgIpc) is 2.91. The van der Waals surface area contributed by atoms with Crippen LogP contribution in [0.5, 0.6) is 0 Å². The minimum absolute atomic E-state index is 0.110. The van der Waals surface area contributed by atoms with Crippen molar-refractivity contribution in [1.82, 2.24) is 15.3 Å². The topological polar surface area (TPSA) is 54.9 Å². The molecule has 0 spiro atoms. The quantitative estimate of drug-likeness (QED) is 0.287. The molecule has 1 amide bonds.